The molecule has 7 heteroatoms. The zero-order chi connectivity index (χ0) is 13.8. The standard InChI is InChI=1S/C11H15NO5S/c1-3-4-7-18(15,16)9-5-6-11(17-2)10(8-9)12(13)14/h5-6,8H,3-4,7H2,1-2H3. The molecule has 1 aromatic rings. The van der Waals surface area contributed by atoms with Crippen LogP contribution in [0.2, 0.25) is 0 Å². The van der Waals surface area contributed by atoms with E-state index in [-0.39, 0.29) is 22.1 Å². The SMILES string of the molecule is CCCCS(=O)(=O)c1ccc(OC)c([N+](=O)[O-])c1. The Morgan fingerprint density at radius 1 is 1.39 bits per heavy atom. The van der Waals surface area contributed by atoms with E-state index in [4.69, 9.17) is 4.74 Å². The fourth-order valence-corrected chi connectivity index (χ4v) is 2.93. The van der Waals surface area contributed by atoms with Gasteiger partial charge in [-0.2, -0.15) is 0 Å². The lowest BCUT2D eigenvalue weighted by Gasteiger charge is -2.06. The summed E-state index contributed by atoms with van der Waals surface area (Å²) < 4.78 is 28.6. The van der Waals surface area contributed by atoms with Gasteiger partial charge in [0.1, 0.15) is 0 Å². The Bertz CT molecular complexity index is 538. The van der Waals surface area contributed by atoms with E-state index in [1.54, 1.807) is 0 Å². The Morgan fingerprint density at radius 2 is 2.06 bits per heavy atom. The van der Waals surface area contributed by atoms with E-state index in [1.807, 2.05) is 6.92 Å². The summed E-state index contributed by atoms with van der Waals surface area (Å²) in [6, 6.07) is 3.68. The van der Waals surface area contributed by atoms with Crippen LogP contribution in [-0.2, 0) is 9.84 Å². The summed E-state index contributed by atoms with van der Waals surface area (Å²) in [4.78, 5) is 10.1. The molecule has 0 spiro atoms. The van der Waals surface area contributed by atoms with E-state index in [9.17, 15) is 18.5 Å². The number of sulfone groups is 1. The van der Waals surface area contributed by atoms with Gasteiger partial charge in [0, 0.05) is 6.07 Å². The molecule has 0 aliphatic heterocycles. The highest BCUT2D eigenvalue weighted by Gasteiger charge is 2.21. The van der Waals surface area contributed by atoms with Gasteiger partial charge in [-0.1, -0.05) is 13.3 Å². The van der Waals surface area contributed by atoms with Crippen LogP contribution in [0, 0.1) is 10.1 Å². The van der Waals surface area contributed by atoms with Crippen molar-refractivity contribution in [2.45, 2.75) is 24.7 Å². The first-order valence-electron chi connectivity index (χ1n) is 5.47. The van der Waals surface area contributed by atoms with Crippen LogP contribution >= 0.6 is 0 Å². The average Bonchev–Trinajstić information content (AvgIpc) is 2.35. The van der Waals surface area contributed by atoms with Crippen molar-refractivity contribution in [2.75, 3.05) is 12.9 Å². The fraction of sp³-hybridized carbons (Fsp3) is 0.455. The maximum Gasteiger partial charge on any atom is 0.312 e. The molecule has 0 N–H and O–H groups in total. The van der Waals surface area contributed by atoms with Crippen LogP contribution in [0.3, 0.4) is 0 Å². The molecule has 6 nitrogen and oxygen atoms in total. The normalized spacial score (nSPS) is 11.2. The molecule has 0 aliphatic rings. The van der Waals surface area contributed by atoms with Crippen molar-refractivity contribution in [3.8, 4) is 5.75 Å². The number of unbranched alkanes of at least 4 members (excludes halogenated alkanes) is 1. The van der Waals surface area contributed by atoms with Gasteiger partial charge in [0.15, 0.2) is 15.6 Å². The second kappa shape index (κ2) is 5.81. The van der Waals surface area contributed by atoms with Gasteiger partial charge in [0.05, 0.1) is 22.7 Å². The Balaban J connectivity index is 3.20. The Hall–Kier alpha value is -1.63. The van der Waals surface area contributed by atoms with Crippen molar-refractivity contribution >= 4 is 15.5 Å². The highest BCUT2D eigenvalue weighted by atomic mass is 32.2. The van der Waals surface area contributed by atoms with Crippen molar-refractivity contribution in [2.24, 2.45) is 0 Å². The van der Waals surface area contributed by atoms with Crippen molar-refractivity contribution in [1.82, 2.24) is 0 Å². The minimum atomic E-state index is -3.46. The third kappa shape index (κ3) is 3.19. The highest BCUT2D eigenvalue weighted by molar-refractivity contribution is 7.91. The molecule has 0 bridgehead atoms. The molecule has 0 amide bonds. The maximum atomic E-state index is 11.9. The highest BCUT2D eigenvalue weighted by Crippen LogP contribution is 2.29. The molecular formula is C11H15NO5S. The van der Waals surface area contributed by atoms with E-state index in [0.29, 0.717) is 6.42 Å². The Labute approximate surface area is 106 Å². The van der Waals surface area contributed by atoms with Gasteiger partial charge in [0.2, 0.25) is 0 Å². The second-order valence-electron chi connectivity index (χ2n) is 3.76. The zero-order valence-electron chi connectivity index (χ0n) is 10.3. The van der Waals surface area contributed by atoms with Gasteiger partial charge in [0.25, 0.3) is 0 Å². The van der Waals surface area contributed by atoms with Crippen LogP contribution in [0.25, 0.3) is 0 Å². The molecule has 0 heterocycles. The monoisotopic (exact) mass is 273 g/mol. The quantitative estimate of drug-likeness (QED) is 0.585. The largest absolute Gasteiger partial charge is 0.490 e. The van der Waals surface area contributed by atoms with E-state index in [1.165, 1.54) is 19.2 Å². The van der Waals surface area contributed by atoms with E-state index >= 15 is 0 Å². The molecule has 0 radical (unpaired) electrons. The summed E-state index contributed by atoms with van der Waals surface area (Å²) >= 11 is 0. The Morgan fingerprint density at radius 3 is 2.56 bits per heavy atom. The minimum absolute atomic E-state index is 0.00696. The van der Waals surface area contributed by atoms with Crippen LogP contribution in [0.15, 0.2) is 23.1 Å². The number of hydrogen-bond acceptors (Lipinski definition) is 5. The summed E-state index contributed by atoms with van der Waals surface area (Å²) in [5, 5.41) is 10.8. The number of nitro benzene ring substituents is 1. The number of ether oxygens (including phenoxy) is 1. The van der Waals surface area contributed by atoms with E-state index < -0.39 is 14.8 Å². The molecular weight excluding hydrogens is 258 g/mol. The topological polar surface area (TPSA) is 86.5 Å². The molecule has 100 valence electrons. The van der Waals surface area contributed by atoms with Crippen molar-refractivity contribution < 1.29 is 18.1 Å². The smallest absolute Gasteiger partial charge is 0.312 e. The average molecular weight is 273 g/mol. The lowest BCUT2D eigenvalue weighted by molar-refractivity contribution is -0.386. The van der Waals surface area contributed by atoms with Crippen molar-refractivity contribution in [1.29, 1.82) is 0 Å². The zero-order valence-corrected chi connectivity index (χ0v) is 11.1. The van der Waals surface area contributed by atoms with Gasteiger partial charge in [-0.15, -0.1) is 0 Å². The molecule has 0 saturated heterocycles. The van der Waals surface area contributed by atoms with Gasteiger partial charge in [-0.25, -0.2) is 8.42 Å². The van der Waals surface area contributed by atoms with Crippen LogP contribution < -0.4 is 4.74 Å². The van der Waals surface area contributed by atoms with E-state index in [2.05, 4.69) is 0 Å². The lowest BCUT2D eigenvalue weighted by Crippen LogP contribution is -2.07. The van der Waals surface area contributed by atoms with Crippen molar-refractivity contribution in [3.05, 3.63) is 28.3 Å². The first-order valence-corrected chi connectivity index (χ1v) is 7.12. The summed E-state index contributed by atoms with van der Waals surface area (Å²) in [5.41, 5.74) is -0.338. The number of hydrogen-bond donors (Lipinski definition) is 0. The molecule has 0 aliphatic carbocycles. The van der Waals surface area contributed by atoms with Gasteiger partial charge < -0.3 is 4.74 Å². The molecule has 0 aromatic heterocycles. The molecule has 0 fully saturated rings. The Kier molecular flexibility index (Phi) is 4.66. The number of nitro groups is 1. The van der Waals surface area contributed by atoms with Crippen LogP contribution in [0.5, 0.6) is 5.75 Å². The molecule has 1 aromatic carbocycles. The van der Waals surface area contributed by atoms with Gasteiger partial charge in [-0.05, 0) is 18.6 Å². The third-order valence-corrected chi connectivity index (χ3v) is 4.27. The van der Waals surface area contributed by atoms with Crippen LogP contribution in [-0.4, -0.2) is 26.2 Å². The predicted molar refractivity (Wildman–Crippen MR) is 66.6 cm³/mol. The molecule has 0 atom stereocenters. The van der Waals surface area contributed by atoms with Gasteiger partial charge in [-0.3, -0.25) is 10.1 Å². The maximum absolute atomic E-state index is 11.9. The first-order chi connectivity index (χ1) is 8.42. The van der Waals surface area contributed by atoms with Gasteiger partial charge >= 0.3 is 5.69 Å². The number of benzene rings is 1. The van der Waals surface area contributed by atoms with Crippen LogP contribution in [0.1, 0.15) is 19.8 Å². The predicted octanol–water partition coefficient (Wildman–Crippen LogP) is 2.18. The molecule has 18 heavy (non-hydrogen) atoms. The third-order valence-electron chi connectivity index (χ3n) is 2.47. The van der Waals surface area contributed by atoms with Crippen LogP contribution in [0.4, 0.5) is 5.69 Å². The summed E-state index contributed by atoms with van der Waals surface area (Å²) in [7, 11) is -2.16. The molecule has 0 unspecified atom stereocenters. The summed E-state index contributed by atoms with van der Waals surface area (Å²) in [6.45, 7) is 1.88. The molecule has 0 saturated carbocycles. The summed E-state index contributed by atoms with van der Waals surface area (Å²) in [5.74, 6) is 0.0434. The lowest BCUT2D eigenvalue weighted by atomic mass is 10.3. The number of nitrogens with zero attached hydrogens (tertiary/aromatic N) is 1. The first kappa shape index (κ1) is 14.4. The summed E-state index contributed by atoms with van der Waals surface area (Å²) in [6.07, 6.45) is 1.28. The van der Waals surface area contributed by atoms with Crippen molar-refractivity contribution in [3.63, 3.8) is 0 Å². The second-order valence-corrected chi connectivity index (χ2v) is 5.87. The molecule has 1 rings (SSSR count). The fourth-order valence-electron chi connectivity index (χ4n) is 1.46. The van der Waals surface area contributed by atoms with E-state index in [0.717, 1.165) is 12.5 Å². The number of methoxy groups -OCH3 is 1. The number of rotatable bonds is 6. The minimum Gasteiger partial charge on any atom is -0.490 e.